The van der Waals surface area contributed by atoms with Gasteiger partial charge in [0, 0.05) is 0 Å². The van der Waals surface area contributed by atoms with E-state index in [1.165, 1.54) is 89.4 Å². The Balaban J connectivity index is 0.000000642. The third-order valence-electron chi connectivity index (χ3n) is 5.55. The summed E-state index contributed by atoms with van der Waals surface area (Å²) in [5.41, 5.74) is 0.928. The topological polar surface area (TPSA) is 77.4 Å². The van der Waals surface area contributed by atoms with Crippen LogP contribution in [0.1, 0.15) is 83.6 Å². The molecule has 0 fully saturated rings. The van der Waals surface area contributed by atoms with E-state index >= 15 is 0 Å². The second-order valence-corrected chi connectivity index (χ2v) is 9.99. The number of rotatable bonds is 15. The van der Waals surface area contributed by atoms with Gasteiger partial charge in [-0.3, -0.25) is 0 Å². The fourth-order valence-electron chi connectivity index (χ4n) is 3.48. The zero-order valence-corrected chi connectivity index (χ0v) is 20.6. The highest BCUT2D eigenvalue weighted by Crippen LogP contribution is 2.12. The van der Waals surface area contributed by atoms with Crippen LogP contribution in [0.15, 0.2) is 29.2 Å². The molecule has 1 aromatic rings. The van der Waals surface area contributed by atoms with Crippen molar-refractivity contribution in [1.82, 2.24) is 0 Å². The van der Waals surface area contributed by atoms with E-state index in [-0.39, 0.29) is 4.90 Å². The number of hydrogen-bond donors (Lipinski definition) is 1. The minimum atomic E-state index is -4.27. The number of aryl methyl sites for hydroxylation is 1. The van der Waals surface area contributed by atoms with Crippen molar-refractivity contribution in [3.63, 3.8) is 0 Å². The van der Waals surface area contributed by atoms with Crippen molar-refractivity contribution >= 4 is 10.1 Å². The molecule has 176 valence electrons. The average molecular weight is 444 g/mol. The van der Waals surface area contributed by atoms with Gasteiger partial charge < -0.3 is 14.1 Å². The molecule has 30 heavy (non-hydrogen) atoms. The van der Waals surface area contributed by atoms with E-state index < -0.39 is 10.1 Å². The van der Waals surface area contributed by atoms with Crippen molar-refractivity contribution in [2.45, 2.75) is 89.9 Å². The highest BCUT2D eigenvalue weighted by molar-refractivity contribution is 7.85. The predicted octanol–water partition coefficient (Wildman–Crippen LogP) is 5.27. The van der Waals surface area contributed by atoms with Crippen molar-refractivity contribution in [3.8, 4) is 0 Å². The smallest absolute Gasteiger partial charge is 0.124 e. The molecule has 1 aromatic carbocycles. The van der Waals surface area contributed by atoms with Crippen LogP contribution in [0.4, 0.5) is 0 Å². The largest absolute Gasteiger partial charge is 0.744 e. The maximum Gasteiger partial charge on any atom is 0.124 e. The summed E-state index contributed by atoms with van der Waals surface area (Å²) in [4.78, 5) is -0.178. The Bertz CT molecular complexity index is 631. The first-order valence-electron chi connectivity index (χ1n) is 11.7. The molecule has 0 spiro atoms. The second-order valence-electron chi connectivity index (χ2n) is 8.61. The summed E-state index contributed by atoms with van der Waals surface area (Å²) in [5, 5.41) is 9.26. The lowest BCUT2D eigenvalue weighted by Gasteiger charge is -2.34. The second kappa shape index (κ2) is 16.7. The normalized spacial score (nSPS) is 13.4. The van der Waals surface area contributed by atoms with E-state index in [4.69, 9.17) is 0 Å². The molecule has 5 nitrogen and oxygen atoms in total. The molecule has 0 aliphatic carbocycles. The SMILES string of the molecule is CCCCCCCC[N+](C)(CCO)CCCCCC.Cc1ccc(S(=O)(=O)[O-])cc1. The van der Waals surface area contributed by atoms with Crippen LogP contribution in [0, 0.1) is 6.92 Å². The Morgan fingerprint density at radius 3 is 1.67 bits per heavy atom. The quantitative estimate of drug-likeness (QED) is 0.228. The Labute approximate surface area is 185 Å². The highest BCUT2D eigenvalue weighted by Gasteiger charge is 2.19. The van der Waals surface area contributed by atoms with Gasteiger partial charge in [0.05, 0.1) is 31.6 Å². The summed E-state index contributed by atoms with van der Waals surface area (Å²) in [6.45, 7) is 10.1. The van der Waals surface area contributed by atoms with Crippen LogP contribution >= 0.6 is 0 Å². The predicted molar refractivity (Wildman–Crippen MR) is 125 cm³/mol. The van der Waals surface area contributed by atoms with Gasteiger partial charge >= 0.3 is 0 Å². The first-order chi connectivity index (χ1) is 14.2. The Morgan fingerprint density at radius 2 is 1.23 bits per heavy atom. The van der Waals surface area contributed by atoms with Gasteiger partial charge in [-0.05, 0) is 44.7 Å². The molecule has 0 aliphatic rings. The summed E-state index contributed by atoms with van der Waals surface area (Å²) in [7, 11) is -1.94. The van der Waals surface area contributed by atoms with Gasteiger partial charge in [-0.1, -0.05) is 70.1 Å². The molecule has 1 atom stereocenters. The van der Waals surface area contributed by atoms with Crippen LogP contribution in [0.2, 0.25) is 0 Å². The number of aliphatic hydroxyl groups is 1. The first kappa shape index (κ1) is 29.1. The molecule has 0 saturated carbocycles. The molecular weight excluding hydrogens is 398 g/mol. The van der Waals surface area contributed by atoms with Crippen LogP contribution in [-0.2, 0) is 10.1 Å². The first-order valence-corrected chi connectivity index (χ1v) is 13.1. The van der Waals surface area contributed by atoms with Gasteiger partial charge in [0.15, 0.2) is 0 Å². The molecule has 0 aliphatic heterocycles. The average Bonchev–Trinajstić information content (AvgIpc) is 2.68. The number of benzene rings is 1. The number of hydrogen-bond acceptors (Lipinski definition) is 4. The molecule has 0 amide bonds. The molecule has 1 unspecified atom stereocenters. The minimum absolute atomic E-state index is 0.178. The lowest BCUT2D eigenvalue weighted by atomic mass is 10.1. The number of aliphatic hydroxyl groups excluding tert-OH is 1. The molecule has 0 radical (unpaired) electrons. The summed E-state index contributed by atoms with van der Waals surface area (Å²) in [5.74, 6) is 0. The van der Waals surface area contributed by atoms with Crippen LogP contribution in [0.25, 0.3) is 0 Å². The Morgan fingerprint density at radius 1 is 0.800 bits per heavy atom. The lowest BCUT2D eigenvalue weighted by Crippen LogP contribution is -2.47. The molecule has 0 bridgehead atoms. The van der Waals surface area contributed by atoms with Gasteiger partial charge in [0.1, 0.15) is 16.7 Å². The fraction of sp³-hybridized carbons (Fsp3) is 0.750. The molecule has 1 rings (SSSR count). The number of nitrogens with zero attached hydrogens (tertiary/aromatic N) is 1. The van der Waals surface area contributed by atoms with Gasteiger partial charge in [-0.2, -0.15) is 0 Å². The maximum absolute atomic E-state index is 10.4. The Hall–Kier alpha value is -0.950. The molecule has 6 heteroatoms. The van der Waals surface area contributed by atoms with E-state index in [1.807, 2.05) is 6.92 Å². The van der Waals surface area contributed by atoms with Crippen LogP contribution in [0.3, 0.4) is 0 Å². The van der Waals surface area contributed by atoms with E-state index in [2.05, 4.69) is 20.9 Å². The van der Waals surface area contributed by atoms with Crippen LogP contribution in [0.5, 0.6) is 0 Å². The van der Waals surface area contributed by atoms with E-state index in [9.17, 15) is 18.1 Å². The third kappa shape index (κ3) is 14.9. The van der Waals surface area contributed by atoms with Gasteiger partial charge in [0.25, 0.3) is 0 Å². The monoisotopic (exact) mass is 443 g/mol. The summed E-state index contributed by atoms with van der Waals surface area (Å²) < 4.78 is 32.2. The minimum Gasteiger partial charge on any atom is -0.744 e. The summed E-state index contributed by atoms with van der Waals surface area (Å²) >= 11 is 0. The fourth-order valence-corrected chi connectivity index (χ4v) is 3.95. The molecule has 1 N–H and O–H groups in total. The van der Waals surface area contributed by atoms with E-state index in [0.717, 1.165) is 16.6 Å². The standard InChI is InChI=1S/C17H38NO.C7H8O3S/c1-4-6-8-10-11-13-15-18(3,16-17-19)14-12-9-7-5-2;1-6-2-4-7(5-3-6)11(8,9)10/h19H,4-17H2,1-3H3;2-5H,1H3,(H,8,9,10)/q+1;/p-1. The number of likely N-dealkylation sites (N-methyl/N-ethyl adjacent to an activating group) is 1. The molecule has 0 saturated heterocycles. The van der Waals surface area contributed by atoms with Crippen molar-refractivity contribution in [2.24, 2.45) is 0 Å². The van der Waals surface area contributed by atoms with Crippen LogP contribution < -0.4 is 0 Å². The molecule has 0 aromatic heterocycles. The van der Waals surface area contributed by atoms with E-state index in [1.54, 1.807) is 12.1 Å². The Kier molecular flexibility index (Phi) is 16.2. The summed E-state index contributed by atoms with van der Waals surface area (Å²) in [6.07, 6.45) is 13.5. The van der Waals surface area contributed by atoms with Crippen molar-refractivity contribution in [2.75, 3.05) is 33.3 Å². The number of unbranched alkanes of at least 4 members (excludes halogenated alkanes) is 8. The lowest BCUT2D eigenvalue weighted by molar-refractivity contribution is -0.910. The van der Waals surface area contributed by atoms with Gasteiger partial charge in [-0.25, -0.2) is 8.42 Å². The van der Waals surface area contributed by atoms with Crippen molar-refractivity contribution in [3.05, 3.63) is 29.8 Å². The van der Waals surface area contributed by atoms with Crippen LogP contribution in [-0.4, -0.2) is 55.8 Å². The van der Waals surface area contributed by atoms with Gasteiger partial charge in [0.2, 0.25) is 0 Å². The van der Waals surface area contributed by atoms with Crippen molar-refractivity contribution < 1.29 is 22.6 Å². The van der Waals surface area contributed by atoms with Gasteiger partial charge in [-0.15, -0.1) is 0 Å². The zero-order chi connectivity index (χ0) is 22.9. The van der Waals surface area contributed by atoms with E-state index in [0.29, 0.717) is 6.61 Å². The number of quaternary nitrogens is 1. The molecule has 0 heterocycles. The zero-order valence-electron chi connectivity index (χ0n) is 19.7. The highest BCUT2D eigenvalue weighted by atomic mass is 32.2. The van der Waals surface area contributed by atoms with Crippen molar-refractivity contribution in [1.29, 1.82) is 0 Å². The summed E-state index contributed by atoms with van der Waals surface area (Å²) in [6, 6.07) is 5.78. The third-order valence-corrected chi connectivity index (χ3v) is 6.40. The molecular formula is C24H45NO4S. The maximum atomic E-state index is 10.4.